The van der Waals surface area contributed by atoms with E-state index in [1.165, 1.54) is 27.9 Å². The van der Waals surface area contributed by atoms with Gasteiger partial charge in [-0.15, -0.1) is 0 Å². The maximum Gasteiger partial charge on any atom is 0.332 e. The Morgan fingerprint density at radius 3 is 2.30 bits per heavy atom. The molecule has 2 amide bonds. The van der Waals surface area contributed by atoms with E-state index in [9.17, 15) is 19.2 Å². The van der Waals surface area contributed by atoms with E-state index in [4.69, 9.17) is 4.42 Å². The Balaban J connectivity index is 1.50. The smallest absolute Gasteiger partial charge is 0.332 e. The van der Waals surface area contributed by atoms with Crippen molar-refractivity contribution in [2.24, 2.45) is 0 Å². The molecule has 2 heterocycles. The number of benzene rings is 3. The van der Waals surface area contributed by atoms with Crippen LogP contribution in [-0.2, 0) is 24.3 Å². The molecule has 0 aliphatic carbocycles. The number of aromatic nitrogens is 2. The van der Waals surface area contributed by atoms with Crippen LogP contribution in [0.25, 0.3) is 10.9 Å². The zero-order valence-electron chi connectivity index (χ0n) is 21.9. The van der Waals surface area contributed by atoms with Crippen LogP contribution in [0.5, 0.6) is 0 Å². The quantitative estimate of drug-likeness (QED) is 0.311. The normalized spacial score (nSPS) is 10.9. The number of hydrogen-bond donors (Lipinski definition) is 1. The molecule has 0 saturated heterocycles. The Hall–Kier alpha value is -5.18. The topological polar surface area (TPSA) is 107 Å². The molecule has 9 heteroatoms. The fourth-order valence-electron chi connectivity index (χ4n) is 4.51. The van der Waals surface area contributed by atoms with Gasteiger partial charge < -0.3 is 14.6 Å². The summed E-state index contributed by atoms with van der Waals surface area (Å²) < 4.78 is 7.64. The molecule has 2 aromatic heterocycles. The number of amides is 2. The van der Waals surface area contributed by atoms with Crippen LogP contribution < -0.4 is 21.5 Å². The molecule has 0 unspecified atom stereocenters. The maximum absolute atomic E-state index is 13.6. The zero-order chi connectivity index (χ0) is 28.1. The summed E-state index contributed by atoms with van der Waals surface area (Å²) in [7, 11) is 1.62. The van der Waals surface area contributed by atoms with Crippen LogP contribution in [0.15, 0.2) is 111 Å². The van der Waals surface area contributed by atoms with Crippen LogP contribution in [0.3, 0.4) is 0 Å². The first kappa shape index (κ1) is 26.4. The predicted octanol–water partition coefficient (Wildman–Crippen LogP) is 3.44. The van der Waals surface area contributed by atoms with Gasteiger partial charge in [-0.05, 0) is 54.4 Å². The summed E-state index contributed by atoms with van der Waals surface area (Å²) >= 11 is 0. The van der Waals surface area contributed by atoms with Gasteiger partial charge in [-0.3, -0.25) is 23.5 Å². The molecule has 0 spiro atoms. The molecule has 5 rings (SSSR count). The van der Waals surface area contributed by atoms with E-state index in [1.807, 2.05) is 48.5 Å². The van der Waals surface area contributed by atoms with Crippen molar-refractivity contribution in [3.63, 3.8) is 0 Å². The van der Waals surface area contributed by atoms with Gasteiger partial charge in [-0.25, -0.2) is 4.79 Å². The number of furan rings is 1. The van der Waals surface area contributed by atoms with Crippen molar-refractivity contribution in [1.29, 1.82) is 0 Å². The van der Waals surface area contributed by atoms with Gasteiger partial charge >= 0.3 is 5.69 Å². The summed E-state index contributed by atoms with van der Waals surface area (Å²) in [5.74, 6) is -0.285. The minimum atomic E-state index is -0.676. The molecule has 40 heavy (non-hydrogen) atoms. The minimum Gasteiger partial charge on any atom is -0.467 e. The van der Waals surface area contributed by atoms with E-state index in [-0.39, 0.29) is 41.4 Å². The number of hydrogen-bond acceptors (Lipinski definition) is 5. The van der Waals surface area contributed by atoms with Gasteiger partial charge in [0.05, 0.1) is 23.7 Å². The van der Waals surface area contributed by atoms with Crippen LogP contribution >= 0.6 is 0 Å². The highest BCUT2D eigenvalue weighted by Gasteiger charge is 2.20. The molecular formula is C31H28N4O5. The SMILES string of the molecule is CN(C(=O)Cn1c(=O)n(Cc2ccco2)c(=O)c2ccc(C(=O)NCCc3ccccc3)cc21)c1ccccc1. The molecule has 9 nitrogen and oxygen atoms in total. The maximum atomic E-state index is 13.6. The molecule has 202 valence electrons. The molecule has 3 aromatic carbocycles. The third kappa shape index (κ3) is 5.63. The molecule has 0 bridgehead atoms. The summed E-state index contributed by atoms with van der Waals surface area (Å²) in [5.41, 5.74) is 1.02. The zero-order valence-corrected chi connectivity index (χ0v) is 21.9. The van der Waals surface area contributed by atoms with Crippen LogP contribution in [0, 0.1) is 0 Å². The Morgan fingerprint density at radius 1 is 0.875 bits per heavy atom. The van der Waals surface area contributed by atoms with Crippen molar-refractivity contribution in [3.8, 4) is 0 Å². The number of carbonyl (C=O) groups excluding carboxylic acids is 2. The van der Waals surface area contributed by atoms with Crippen molar-refractivity contribution >= 4 is 28.4 Å². The lowest BCUT2D eigenvalue weighted by molar-refractivity contribution is -0.118. The Morgan fingerprint density at radius 2 is 1.60 bits per heavy atom. The van der Waals surface area contributed by atoms with Crippen molar-refractivity contribution in [3.05, 3.63) is 135 Å². The number of para-hydroxylation sites is 1. The fraction of sp³-hybridized carbons (Fsp3) is 0.161. The molecule has 0 saturated carbocycles. The third-order valence-electron chi connectivity index (χ3n) is 6.74. The van der Waals surface area contributed by atoms with E-state index in [0.717, 1.165) is 10.1 Å². The minimum absolute atomic E-state index is 0.0922. The Labute approximate surface area is 229 Å². The van der Waals surface area contributed by atoms with Gasteiger partial charge in [-0.2, -0.15) is 0 Å². The summed E-state index contributed by atoms with van der Waals surface area (Å²) in [5, 5.41) is 3.10. The number of nitrogens with zero attached hydrogens (tertiary/aromatic N) is 3. The van der Waals surface area contributed by atoms with Crippen molar-refractivity contribution in [1.82, 2.24) is 14.5 Å². The first-order valence-electron chi connectivity index (χ1n) is 12.9. The van der Waals surface area contributed by atoms with Gasteiger partial charge in [-0.1, -0.05) is 48.5 Å². The van der Waals surface area contributed by atoms with Crippen molar-refractivity contribution in [2.45, 2.75) is 19.5 Å². The number of likely N-dealkylation sites (N-methyl/N-ethyl adjacent to an activating group) is 1. The lowest BCUT2D eigenvalue weighted by Gasteiger charge is -2.20. The molecule has 0 fully saturated rings. The Kier molecular flexibility index (Phi) is 7.72. The largest absolute Gasteiger partial charge is 0.467 e. The highest BCUT2D eigenvalue weighted by molar-refractivity contribution is 5.98. The predicted molar refractivity (Wildman–Crippen MR) is 153 cm³/mol. The number of rotatable bonds is 9. The van der Waals surface area contributed by atoms with Gasteiger partial charge in [0.1, 0.15) is 12.3 Å². The molecular weight excluding hydrogens is 508 g/mol. The lowest BCUT2D eigenvalue weighted by atomic mass is 10.1. The first-order chi connectivity index (χ1) is 19.4. The van der Waals surface area contributed by atoms with Crippen LogP contribution in [0.2, 0.25) is 0 Å². The van der Waals surface area contributed by atoms with E-state index < -0.39 is 11.2 Å². The van der Waals surface area contributed by atoms with Crippen LogP contribution in [0.1, 0.15) is 21.7 Å². The second-order valence-electron chi connectivity index (χ2n) is 9.35. The van der Waals surface area contributed by atoms with Gasteiger partial charge in [0.25, 0.3) is 11.5 Å². The van der Waals surface area contributed by atoms with Crippen molar-refractivity contribution in [2.75, 3.05) is 18.5 Å². The molecule has 5 aromatic rings. The molecule has 1 N–H and O–H groups in total. The summed E-state index contributed by atoms with van der Waals surface area (Å²) in [6.45, 7) is -0.0118. The number of carbonyl (C=O) groups is 2. The van der Waals surface area contributed by atoms with Crippen LogP contribution in [-0.4, -0.2) is 34.5 Å². The lowest BCUT2D eigenvalue weighted by Crippen LogP contribution is -2.43. The second-order valence-corrected chi connectivity index (χ2v) is 9.35. The molecule has 0 aliphatic rings. The monoisotopic (exact) mass is 536 g/mol. The third-order valence-corrected chi connectivity index (χ3v) is 6.74. The molecule has 0 radical (unpaired) electrons. The van der Waals surface area contributed by atoms with E-state index in [1.54, 1.807) is 37.4 Å². The number of nitrogens with one attached hydrogen (secondary N) is 1. The average Bonchev–Trinajstić information content (AvgIpc) is 3.51. The first-order valence-corrected chi connectivity index (χ1v) is 12.9. The van der Waals surface area contributed by atoms with E-state index >= 15 is 0 Å². The van der Waals surface area contributed by atoms with Gasteiger partial charge in [0.2, 0.25) is 5.91 Å². The van der Waals surface area contributed by atoms with Crippen molar-refractivity contribution < 1.29 is 14.0 Å². The Bertz CT molecular complexity index is 1760. The average molecular weight is 537 g/mol. The number of fused-ring (bicyclic) bond motifs is 1. The standard InChI is InChI=1S/C31H28N4O5/c1-33(24-11-6-3-7-12-24)28(36)21-34-27-19-23(29(37)32-17-16-22-9-4-2-5-10-22)14-15-26(27)30(38)35(31(34)39)20-25-13-8-18-40-25/h2-15,18-19H,16-17,20-21H2,1H3,(H,32,37). The van der Waals surface area contributed by atoms with Crippen LogP contribution in [0.4, 0.5) is 5.69 Å². The molecule has 0 aliphatic heterocycles. The summed E-state index contributed by atoms with van der Waals surface area (Å²) in [6.07, 6.45) is 2.11. The van der Waals surface area contributed by atoms with Gasteiger partial charge in [0.15, 0.2) is 0 Å². The summed E-state index contributed by atoms with van der Waals surface area (Å²) in [4.78, 5) is 54.8. The van der Waals surface area contributed by atoms with E-state index in [0.29, 0.717) is 24.4 Å². The molecule has 0 atom stereocenters. The summed E-state index contributed by atoms with van der Waals surface area (Å²) in [6, 6.07) is 26.7. The second kappa shape index (κ2) is 11.7. The van der Waals surface area contributed by atoms with E-state index in [2.05, 4.69) is 5.32 Å². The fourth-order valence-corrected chi connectivity index (χ4v) is 4.51. The highest BCUT2D eigenvalue weighted by atomic mass is 16.3. The number of anilines is 1. The highest BCUT2D eigenvalue weighted by Crippen LogP contribution is 2.15. The van der Waals surface area contributed by atoms with Gasteiger partial charge in [0, 0.05) is 24.8 Å².